The van der Waals surface area contributed by atoms with Crippen molar-refractivity contribution >= 4 is 39.1 Å². The fraction of sp³-hybridized carbons (Fsp3) is 0.158. The summed E-state index contributed by atoms with van der Waals surface area (Å²) >= 11 is -0.341. The number of hydrogen-bond acceptors (Lipinski definition) is 7. The normalized spacial score (nSPS) is 14.7. The number of hydrogen-bond donors (Lipinski definition) is 2. The lowest BCUT2D eigenvalue weighted by molar-refractivity contribution is -0.137. The van der Waals surface area contributed by atoms with E-state index >= 15 is 0 Å². The average molecular weight is 472 g/mol. The molecule has 0 aliphatic carbocycles. The highest BCUT2D eigenvalue weighted by Gasteiger charge is 2.31. The van der Waals surface area contributed by atoms with Crippen LogP contribution in [0.3, 0.4) is 0 Å². The summed E-state index contributed by atoms with van der Waals surface area (Å²) < 4.78 is 62.6. The van der Waals surface area contributed by atoms with Crippen molar-refractivity contribution in [1.82, 2.24) is 4.90 Å². The summed E-state index contributed by atoms with van der Waals surface area (Å²) in [5, 5.41) is 11.6. The van der Waals surface area contributed by atoms with E-state index in [1.165, 1.54) is 24.3 Å². The molecule has 0 aromatic heterocycles. The molecule has 0 spiro atoms. The quantitative estimate of drug-likeness (QED) is 0.472. The Hall–Kier alpha value is -2.83. The number of imide groups is 1. The second-order valence-corrected chi connectivity index (χ2v) is 9.34. The fourth-order valence-electron chi connectivity index (χ4n) is 2.74. The molecule has 3 rings (SSSR count). The van der Waals surface area contributed by atoms with Crippen molar-refractivity contribution in [2.24, 2.45) is 0 Å². The van der Waals surface area contributed by atoms with Crippen LogP contribution in [0.1, 0.15) is 0 Å². The molecule has 0 saturated heterocycles. The molecule has 1 aliphatic heterocycles. The highest BCUT2D eigenvalue weighted by atomic mass is 32.2. The number of anilines is 1. The molecule has 31 heavy (non-hydrogen) atoms. The van der Waals surface area contributed by atoms with E-state index in [0.29, 0.717) is 5.69 Å². The predicted molar refractivity (Wildman–Crippen MR) is 106 cm³/mol. The zero-order valence-electron chi connectivity index (χ0n) is 15.6. The van der Waals surface area contributed by atoms with Crippen LogP contribution in [0, 0.1) is 0 Å². The Bertz CT molecular complexity index is 1130. The standard InChI is InChI=1S/C19H15F3N2O5S2/c20-19(21,22)30-13-3-7-15(8-4-13)31(28,29)14-5-1-12(2-6-14)23-16-11-17(26)24(9-10-25)18(16)27/h1-8,11,23,25H,9-10H2. The molecule has 12 heteroatoms. The summed E-state index contributed by atoms with van der Waals surface area (Å²) in [6, 6.07) is 9.65. The van der Waals surface area contributed by atoms with Gasteiger partial charge < -0.3 is 10.4 Å². The van der Waals surface area contributed by atoms with Gasteiger partial charge in [0.25, 0.3) is 11.8 Å². The largest absolute Gasteiger partial charge is 0.446 e. The lowest BCUT2D eigenvalue weighted by atomic mass is 10.3. The third kappa shape index (κ3) is 5.27. The number of carbonyl (C=O) groups excluding carboxylic acids is 2. The van der Waals surface area contributed by atoms with Crippen LogP contribution in [-0.2, 0) is 19.4 Å². The average Bonchev–Trinajstić information content (AvgIpc) is 2.95. The minimum absolute atomic E-state index is 0.0215. The topological polar surface area (TPSA) is 104 Å². The Morgan fingerprint density at radius 1 is 0.968 bits per heavy atom. The van der Waals surface area contributed by atoms with Crippen LogP contribution in [0.15, 0.2) is 75.0 Å². The number of β-amino-alcohol motifs (C(OH)–C–C–N with tert-alkyl or cyclic N) is 1. The lowest BCUT2D eigenvalue weighted by Crippen LogP contribution is -2.34. The number of thioether (sulfide) groups is 1. The maximum Gasteiger partial charge on any atom is 0.446 e. The predicted octanol–water partition coefficient (Wildman–Crippen LogP) is 2.79. The first-order valence-corrected chi connectivity index (χ1v) is 11.0. The summed E-state index contributed by atoms with van der Waals surface area (Å²) in [6.45, 7) is -0.516. The van der Waals surface area contributed by atoms with Crippen molar-refractivity contribution in [3.63, 3.8) is 0 Å². The molecule has 1 aliphatic rings. The van der Waals surface area contributed by atoms with Crippen molar-refractivity contribution in [2.45, 2.75) is 20.2 Å². The zero-order chi connectivity index (χ0) is 22.8. The molecule has 0 radical (unpaired) electrons. The van der Waals surface area contributed by atoms with E-state index in [1.807, 2.05) is 0 Å². The molecule has 0 saturated carbocycles. The van der Waals surface area contributed by atoms with Crippen molar-refractivity contribution in [3.8, 4) is 0 Å². The minimum atomic E-state index is -4.47. The van der Waals surface area contributed by atoms with Gasteiger partial charge in [0.15, 0.2) is 0 Å². The summed E-state index contributed by atoms with van der Waals surface area (Å²) in [6.07, 6.45) is 1.07. The van der Waals surface area contributed by atoms with Crippen LogP contribution in [0.25, 0.3) is 0 Å². The van der Waals surface area contributed by atoms with E-state index in [-0.39, 0.29) is 45.3 Å². The van der Waals surface area contributed by atoms with E-state index in [1.54, 1.807) is 0 Å². The van der Waals surface area contributed by atoms with Gasteiger partial charge in [-0.3, -0.25) is 14.5 Å². The Labute approximate surface area is 179 Å². The first-order valence-electron chi connectivity index (χ1n) is 8.67. The number of alkyl halides is 3. The molecule has 0 bridgehead atoms. The van der Waals surface area contributed by atoms with Crippen LogP contribution in [0.2, 0.25) is 0 Å². The number of rotatable bonds is 7. The highest BCUT2D eigenvalue weighted by Crippen LogP contribution is 2.37. The molecular formula is C19H15F3N2O5S2. The summed E-state index contributed by atoms with van der Waals surface area (Å²) in [4.78, 5) is 24.3. The van der Waals surface area contributed by atoms with Gasteiger partial charge in [0.2, 0.25) is 9.84 Å². The van der Waals surface area contributed by atoms with Gasteiger partial charge in [0, 0.05) is 16.7 Å². The molecule has 2 amide bonds. The third-order valence-electron chi connectivity index (χ3n) is 4.14. The number of sulfone groups is 1. The van der Waals surface area contributed by atoms with Gasteiger partial charge in [-0.2, -0.15) is 13.2 Å². The van der Waals surface area contributed by atoms with Crippen LogP contribution in [0.5, 0.6) is 0 Å². The molecule has 0 atom stereocenters. The summed E-state index contributed by atoms with van der Waals surface area (Å²) in [5.41, 5.74) is -4.15. The monoisotopic (exact) mass is 472 g/mol. The van der Waals surface area contributed by atoms with E-state index in [9.17, 15) is 31.2 Å². The number of halogens is 3. The van der Waals surface area contributed by atoms with Crippen LogP contribution in [-0.4, -0.2) is 48.9 Å². The second-order valence-electron chi connectivity index (χ2n) is 6.25. The summed E-state index contributed by atoms with van der Waals surface area (Å²) in [5.74, 6) is -1.19. The van der Waals surface area contributed by atoms with Gasteiger partial charge in [0.05, 0.1) is 22.9 Å². The van der Waals surface area contributed by atoms with Crippen molar-refractivity contribution < 1.29 is 36.3 Å². The molecule has 7 nitrogen and oxygen atoms in total. The zero-order valence-corrected chi connectivity index (χ0v) is 17.2. The number of amides is 2. The van der Waals surface area contributed by atoms with Gasteiger partial charge in [-0.25, -0.2) is 8.42 Å². The Morgan fingerprint density at radius 3 is 2.03 bits per heavy atom. The molecular weight excluding hydrogens is 457 g/mol. The molecule has 164 valence electrons. The Morgan fingerprint density at radius 2 is 1.52 bits per heavy atom. The lowest BCUT2D eigenvalue weighted by Gasteiger charge is -2.13. The van der Waals surface area contributed by atoms with Crippen molar-refractivity contribution in [1.29, 1.82) is 0 Å². The first-order chi connectivity index (χ1) is 14.5. The number of aliphatic hydroxyl groups is 1. The van der Waals surface area contributed by atoms with Gasteiger partial charge in [-0.05, 0) is 60.3 Å². The van der Waals surface area contributed by atoms with Crippen LogP contribution < -0.4 is 5.32 Å². The Kier molecular flexibility index (Phi) is 6.43. The maximum absolute atomic E-state index is 12.7. The number of nitrogens with one attached hydrogen (secondary N) is 1. The molecule has 2 aromatic rings. The van der Waals surface area contributed by atoms with Crippen molar-refractivity contribution in [3.05, 3.63) is 60.3 Å². The molecule has 2 aromatic carbocycles. The van der Waals surface area contributed by atoms with Gasteiger partial charge in [0.1, 0.15) is 5.70 Å². The first kappa shape index (κ1) is 22.8. The number of carbonyl (C=O) groups is 2. The summed E-state index contributed by atoms with van der Waals surface area (Å²) in [7, 11) is -3.97. The maximum atomic E-state index is 12.7. The second kappa shape index (κ2) is 8.73. The Balaban J connectivity index is 1.74. The third-order valence-corrected chi connectivity index (χ3v) is 6.67. The van der Waals surface area contributed by atoms with E-state index < -0.39 is 27.2 Å². The molecule has 2 N–H and O–H groups in total. The molecule has 0 unspecified atom stereocenters. The molecule has 0 fully saturated rings. The van der Waals surface area contributed by atoms with Crippen LogP contribution >= 0.6 is 11.8 Å². The SMILES string of the molecule is O=C1C=C(Nc2ccc(S(=O)(=O)c3ccc(SC(F)(F)F)cc3)cc2)C(=O)N1CCO. The number of benzene rings is 2. The molecule has 1 heterocycles. The number of aliphatic hydroxyl groups excluding tert-OH is 1. The van der Waals surface area contributed by atoms with Gasteiger partial charge in [-0.15, -0.1) is 0 Å². The highest BCUT2D eigenvalue weighted by molar-refractivity contribution is 8.00. The smallest absolute Gasteiger partial charge is 0.395 e. The van der Waals surface area contributed by atoms with Gasteiger partial charge >= 0.3 is 5.51 Å². The number of nitrogens with zero attached hydrogens (tertiary/aromatic N) is 1. The fourth-order valence-corrected chi connectivity index (χ4v) is 4.54. The van der Waals surface area contributed by atoms with Crippen LogP contribution in [0.4, 0.5) is 18.9 Å². The van der Waals surface area contributed by atoms with E-state index in [0.717, 1.165) is 35.2 Å². The van der Waals surface area contributed by atoms with E-state index in [4.69, 9.17) is 5.11 Å². The van der Waals surface area contributed by atoms with Crippen molar-refractivity contribution in [2.75, 3.05) is 18.5 Å². The van der Waals surface area contributed by atoms with E-state index in [2.05, 4.69) is 5.32 Å². The van der Waals surface area contributed by atoms with Gasteiger partial charge in [-0.1, -0.05) is 0 Å². The minimum Gasteiger partial charge on any atom is -0.395 e.